The molecule has 2 N–H and O–H groups in total. The molecule has 2 aliphatic rings. The minimum absolute atomic E-state index is 0.0492. The largest absolute Gasteiger partial charge is 0.349 e. The standard InChI is InChI=1S/C19H27N3O4S/c1-2-12-27(25,26)22-11-4-3-8-17(22)19(24)21-16-7-5-6-14(13-16)18(23)20-15-9-10-15/h5-7,13,15,17H,2-4,8-12H2,1H3,(H,20,23)(H,21,24). The van der Waals surface area contributed by atoms with E-state index < -0.39 is 16.1 Å². The smallest absolute Gasteiger partial charge is 0.251 e. The van der Waals surface area contributed by atoms with Crippen molar-refractivity contribution in [2.75, 3.05) is 17.6 Å². The summed E-state index contributed by atoms with van der Waals surface area (Å²) in [6.07, 6.45) is 4.63. The van der Waals surface area contributed by atoms with Crippen molar-refractivity contribution in [1.82, 2.24) is 9.62 Å². The monoisotopic (exact) mass is 393 g/mol. The normalized spacial score (nSPS) is 20.9. The number of hydrogen-bond donors (Lipinski definition) is 2. The summed E-state index contributed by atoms with van der Waals surface area (Å²) in [5.41, 5.74) is 0.987. The molecule has 2 fully saturated rings. The molecule has 1 aromatic carbocycles. The van der Waals surface area contributed by atoms with Crippen LogP contribution in [0.5, 0.6) is 0 Å². The number of amides is 2. The lowest BCUT2D eigenvalue weighted by Gasteiger charge is -2.33. The fourth-order valence-corrected chi connectivity index (χ4v) is 5.08. The summed E-state index contributed by atoms with van der Waals surface area (Å²) in [5.74, 6) is -0.444. The molecule has 2 amide bonds. The first kappa shape index (κ1) is 19.8. The van der Waals surface area contributed by atoms with E-state index in [1.165, 1.54) is 4.31 Å². The molecule has 0 radical (unpaired) electrons. The summed E-state index contributed by atoms with van der Waals surface area (Å²) in [5, 5.41) is 5.71. The SMILES string of the molecule is CCCS(=O)(=O)N1CCCCC1C(=O)Nc1cccc(C(=O)NC2CC2)c1. The highest BCUT2D eigenvalue weighted by Gasteiger charge is 2.36. The van der Waals surface area contributed by atoms with E-state index in [0.717, 1.165) is 25.7 Å². The van der Waals surface area contributed by atoms with Gasteiger partial charge in [0.2, 0.25) is 15.9 Å². The number of benzene rings is 1. The van der Waals surface area contributed by atoms with E-state index >= 15 is 0 Å². The molecule has 8 heteroatoms. The highest BCUT2D eigenvalue weighted by atomic mass is 32.2. The Hall–Kier alpha value is -1.93. The molecular weight excluding hydrogens is 366 g/mol. The van der Waals surface area contributed by atoms with E-state index in [9.17, 15) is 18.0 Å². The van der Waals surface area contributed by atoms with Gasteiger partial charge in [0.15, 0.2) is 0 Å². The molecule has 0 bridgehead atoms. The van der Waals surface area contributed by atoms with Crippen LogP contribution in [0.15, 0.2) is 24.3 Å². The second-order valence-corrected chi connectivity index (χ2v) is 9.30. The number of piperidine rings is 1. The van der Waals surface area contributed by atoms with Crippen molar-refractivity contribution in [1.29, 1.82) is 0 Å². The van der Waals surface area contributed by atoms with Crippen LogP contribution in [0.1, 0.15) is 55.8 Å². The summed E-state index contributed by atoms with van der Waals surface area (Å²) in [6, 6.07) is 6.31. The van der Waals surface area contributed by atoms with Crippen molar-refractivity contribution >= 4 is 27.5 Å². The fourth-order valence-electron chi connectivity index (χ4n) is 3.34. The number of nitrogens with zero attached hydrogens (tertiary/aromatic N) is 1. The number of sulfonamides is 1. The average Bonchev–Trinajstić information content (AvgIpc) is 3.46. The molecule has 1 aliphatic carbocycles. The number of hydrogen-bond acceptors (Lipinski definition) is 4. The Balaban J connectivity index is 1.70. The number of carbonyl (C=O) groups excluding carboxylic acids is 2. The minimum Gasteiger partial charge on any atom is -0.349 e. The maximum Gasteiger partial charge on any atom is 0.251 e. The predicted molar refractivity (Wildman–Crippen MR) is 104 cm³/mol. The second-order valence-electron chi connectivity index (χ2n) is 7.26. The number of anilines is 1. The lowest BCUT2D eigenvalue weighted by atomic mass is 10.0. The lowest BCUT2D eigenvalue weighted by Crippen LogP contribution is -2.50. The van der Waals surface area contributed by atoms with Gasteiger partial charge in [-0.1, -0.05) is 19.4 Å². The lowest BCUT2D eigenvalue weighted by molar-refractivity contribution is -0.120. The van der Waals surface area contributed by atoms with Crippen LogP contribution in [0, 0.1) is 0 Å². The van der Waals surface area contributed by atoms with Gasteiger partial charge >= 0.3 is 0 Å². The number of rotatable bonds is 7. The highest BCUT2D eigenvalue weighted by Crippen LogP contribution is 2.23. The first-order chi connectivity index (χ1) is 12.9. The molecule has 1 aromatic rings. The van der Waals surface area contributed by atoms with Gasteiger partial charge in [0.25, 0.3) is 5.91 Å². The van der Waals surface area contributed by atoms with E-state index in [1.54, 1.807) is 24.3 Å². The molecule has 148 valence electrons. The van der Waals surface area contributed by atoms with Crippen molar-refractivity contribution in [3.05, 3.63) is 29.8 Å². The van der Waals surface area contributed by atoms with Crippen LogP contribution < -0.4 is 10.6 Å². The van der Waals surface area contributed by atoms with E-state index in [4.69, 9.17) is 0 Å². The predicted octanol–water partition coefficient (Wildman–Crippen LogP) is 2.11. The third-order valence-corrected chi connectivity index (χ3v) is 6.96. The van der Waals surface area contributed by atoms with Crippen LogP contribution >= 0.6 is 0 Å². The van der Waals surface area contributed by atoms with Gasteiger partial charge in [-0.3, -0.25) is 9.59 Å². The van der Waals surface area contributed by atoms with Crippen molar-refractivity contribution < 1.29 is 18.0 Å². The van der Waals surface area contributed by atoms with Gasteiger partial charge < -0.3 is 10.6 Å². The van der Waals surface area contributed by atoms with Crippen LogP contribution in [0.3, 0.4) is 0 Å². The Morgan fingerprint density at radius 2 is 1.96 bits per heavy atom. The van der Waals surface area contributed by atoms with Crippen molar-refractivity contribution in [2.45, 2.75) is 57.5 Å². The Kier molecular flexibility index (Phi) is 6.16. The second kappa shape index (κ2) is 8.39. The van der Waals surface area contributed by atoms with Crippen LogP contribution in [-0.4, -0.2) is 48.9 Å². The summed E-state index contributed by atoms with van der Waals surface area (Å²) in [6.45, 7) is 2.19. The van der Waals surface area contributed by atoms with Gasteiger partial charge in [0.1, 0.15) is 6.04 Å². The Labute approximate surface area is 160 Å². The molecule has 0 spiro atoms. The summed E-state index contributed by atoms with van der Waals surface area (Å²) in [4.78, 5) is 25.0. The summed E-state index contributed by atoms with van der Waals surface area (Å²) < 4.78 is 26.3. The number of nitrogens with one attached hydrogen (secondary N) is 2. The van der Waals surface area contributed by atoms with Crippen LogP contribution in [0.25, 0.3) is 0 Å². The molecular formula is C19H27N3O4S. The topological polar surface area (TPSA) is 95.6 Å². The van der Waals surface area contributed by atoms with Gasteiger partial charge in [-0.05, 0) is 50.3 Å². The molecule has 0 aromatic heterocycles. The molecule has 3 rings (SSSR count). The fraction of sp³-hybridized carbons (Fsp3) is 0.579. The van der Waals surface area contributed by atoms with Crippen LogP contribution in [0.2, 0.25) is 0 Å². The van der Waals surface area contributed by atoms with Gasteiger partial charge in [0.05, 0.1) is 5.75 Å². The van der Waals surface area contributed by atoms with Crippen LogP contribution in [-0.2, 0) is 14.8 Å². The molecule has 27 heavy (non-hydrogen) atoms. The average molecular weight is 394 g/mol. The molecule has 7 nitrogen and oxygen atoms in total. The first-order valence-electron chi connectivity index (χ1n) is 9.62. The van der Waals surface area contributed by atoms with Gasteiger partial charge in [0, 0.05) is 23.8 Å². The van der Waals surface area contributed by atoms with E-state index in [2.05, 4.69) is 10.6 Å². The molecule has 1 unspecified atom stereocenters. The minimum atomic E-state index is -3.44. The van der Waals surface area contributed by atoms with Gasteiger partial charge in [-0.15, -0.1) is 0 Å². The molecule has 1 atom stereocenters. The number of carbonyl (C=O) groups is 2. The molecule has 1 aliphatic heterocycles. The molecule has 1 saturated heterocycles. The van der Waals surface area contributed by atoms with Gasteiger partial charge in [-0.25, -0.2) is 8.42 Å². The zero-order chi connectivity index (χ0) is 19.4. The summed E-state index contributed by atoms with van der Waals surface area (Å²) in [7, 11) is -3.44. The summed E-state index contributed by atoms with van der Waals surface area (Å²) >= 11 is 0. The maximum absolute atomic E-state index is 12.8. The zero-order valence-corrected chi connectivity index (χ0v) is 16.4. The third-order valence-electron chi connectivity index (χ3n) is 4.88. The Bertz CT molecular complexity index is 805. The molecule has 1 saturated carbocycles. The van der Waals surface area contributed by atoms with Gasteiger partial charge in [-0.2, -0.15) is 4.31 Å². The first-order valence-corrected chi connectivity index (χ1v) is 11.2. The van der Waals surface area contributed by atoms with E-state index in [-0.39, 0.29) is 23.6 Å². The van der Waals surface area contributed by atoms with Crippen LogP contribution in [0.4, 0.5) is 5.69 Å². The molecule has 1 heterocycles. The zero-order valence-electron chi connectivity index (χ0n) is 15.6. The van der Waals surface area contributed by atoms with Crippen molar-refractivity contribution in [2.24, 2.45) is 0 Å². The highest BCUT2D eigenvalue weighted by molar-refractivity contribution is 7.89. The maximum atomic E-state index is 12.8. The Morgan fingerprint density at radius 3 is 2.67 bits per heavy atom. The third kappa shape index (κ3) is 5.07. The quantitative estimate of drug-likeness (QED) is 0.742. The van der Waals surface area contributed by atoms with Crippen molar-refractivity contribution in [3.63, 3.8) is 0 Å². The van der Waals surface area contributed by atoms with E-state index in [1.807, 2.05) is 6.92 Å². The Morgan fingerprint density at radius 1 is 1.19 bits per heavy atom. The van der Waals surface area contributed by atoms with Crippen molar-refractivity contribution in [3.8, 4) is 0 Å². The van der Waals surface area contributed by atoms with E-state index in [0.29, 0.717) is 30.6 Å².